The Hall–Kier alpha value is -0.690. The second-order valence-corrected chi connectivity index (χ2v) is 8.08. The van der Waals surface area contributed by atoms with Crippen molar-refractivity contribution >= 4 is 5.97 Å². The van der Waals surface area contributed by atoms with E-state index in [4.69, 9.17) is 4.74 Å². The smallest absolute Gasteiger partial charge is 0.309 e. The van der Waals surface area contributed by atoms with Crippen LogP contribution < -0.4 is 0 Å². The summed E-state index contributed by atoms with van der Waals surface area (Å²) in [6.45, 7) is 6.58. The molecule has 0 unspecified atom stereocenters. The van der Waals surface area contributed by atoms with Crippen LogP contribution in [0.1, 0.15) is 47.0 Å². The van der Waals surface area contributed by atoms with Crippen molar-refractivity contribution in [1.82, 2.24) is 0 Å². The second-order valence-electron chi connectivity index (χ2n) is 8.08. The highest BCUT2D eigenvalue weighted by Crippen LogP contribution is 2.66. The fraction of sp³-hybridized carbons (Fsp3) is 0.933. The van der Waals surface area contributed by atoms with Crippen LogP contribution in [-0.2, 0) is 9.53 Å². The Morgan fingerprint density at radius 1 is 1.10 bits per heavy atom. The van der Waals surface area contributed by atoms with E-state index in [2.05, 4.69) is 0 Å². The van der Waals surface area contributed by atoms with Crippen LogP contribution in [-0.4, -0.2) is 54.9 Å². The number of aliphatic hydroxyl groups excluding tert-OH is 1. The van der Waals surface area contributed by atoms with Gasteiger partial charge in [0.15, 0.2) is 0 Å². The van der Waals surface area contributed by atoms with Crippen molar-refractivity contribution in [2.75, 3.05) is 0 Å². The maximum atomic E-state index is 11.7. The third-order valence-corrected chi connectivity index (χ3v) is 6.55. The summed E-state index contributed by atoms with van der Waals surface area (Å²) in [4.78, 5) is 11.7. The zero-order valence-corrected chi connectivity index (χ0v) is 12.9. The maximum Gasteiger partial charge on any atom is 0.309 e. The van der Waals surface area contributed by atoms with Gasteiger partial charge in [-0.15, -0.1) is 0 Å². The Labute approximate surface area is 123 Å². The molecule has 120 valence electrons. The first-order valence-electron chi connectivity index (χ1n) is 7.39. The number of esters is 1. The first-order valence-corrected chi connectivity index (χ1v) is 7.39. The number of fused-ring (bicyclic) bond motifs is 2. The lowest BCUT2D eigenvalue weighted by molar-refractivity contribution is -0.309. The lowest BCUT2D eigenvalue weighted by Gasteiger charge is -2.64. The topological polar surface area (TPSA) is 107 Å². The van der Waals surface area contributed by atoms with E-state index in [0.29, 0.717) is 6.42 Å². The van der Waals surface area contributed by atoms with Crippen molar-refractivity contribution < 1.29 is 30.0 Å². The van der Waals surface area contributed by atoms with E-state index >= 15 is 0 Å². The quantitative estimate of drug-likeness (QED) is 0.458. The molecular formula is C15H24O6. The van der Waals surface area contributed by atoms with Gasteiger partial charge in [0.1, 0.15) is 22.4 Å². The molecule has 0 amide bonds. The van der Waals surface area contributed by atoms with E-state index in [1.165, 1.54) is 13.8 Å². The summed E-state index contributed by atoms with van der Waals surface area (Å²) in [7, 11) is 0. The molecule has 0 spiro atoms. The molecule has 0 bridgehead atoms. The van der Waals surface area contributed by atoms with Gasteiger partial charge in [0, 0.05) is 12.3 Å². The van der Waals surface area contributed by atoms with E-state index in [-0.39, 0.29) is 12.8 Å². The van der Waals surface area contributed by atoms with E-state index in [1.807, 2.05) is 13.8 Å². The van der Waals surface area contributed by atoms with Crippen molar-refractivity contribution in [3.05, 3.63) is 0 Å². The van der Waals surface area contributed by atoms with Gasteiger partial charge in [0.25, 0.3) is 0 Å². The van der Waals surface area contributed by atoms with Gasteiger partial charge in [-0.1, -0.05) is 13.8 Å². The van der Waals surface area contributed by atoms with Gasteiger partial charge >= 0.3 is 5.97 Å². The minimum Gasteiger partial charge on any atom is -0.456 e. The molecule has 1 saturated heterocycles. The van der Waals surface area contributed by atoms with Crippen LogP contribution in [0.5, 0.6) is 0 Å². The largest absolute Gasteiger partial charge is 0.456 e. The Bertz CT molecular complexity index is 514. The van der Waals surface area contributed by atoms with E-state index in [9.17, 15) is 25.2 Å². The molecule has 6 atom stereocenters. The highest BCUT2D eigenvalue weighted by Gasteiger charge is 2.79. The lowest BCUT2D eigenvalue weighted by Crippen LogP contribution is -2.75. The highest BCUT2D eigenvalue weighted by atomic mass is 16.6. The zero-order valence-electron chi connectivity index (χ0n) is 12.9. The summed E-state index contributed by atoms with van der Waals surface area (Å²) in [5.74, 6) is -1.33. The molecule has 0 radical (unpaired) electrons. The minimum atomic E-state index is -1.83. The van der Waals surface area contributed by atoms with Gasteiger partial charge in [-0.2, -0.15) is 0 Å². The van der Waals surface area contributed by atoms with E-state index in [1.54, 1.807) is 0 Å². The summed E-state index contributed by atoms with van der Waals surface area (Å²) in [6, 6.07) is 0. The summed E-state index contributed by atoms with van der Waals surface area (Å²) < 4.78 is 5.26. The number of hydrogen-bond donors (Lipinski definition) is 4. The second kappa shape index (κ2) is 3.62. The van der Waals surface area contributed by atoms with Gasteiger partial charge in [0.2, 0.25) is 0 Å². The monoisotopic (exact) mass is 300 g/mol. The average molecular weight is 300 g/mol. The number of carbonyl (C=O) groups excluding carboxylic acids is 1. The molecule has 3 rings (SSSR count). The Kier molecular flexibility index (Phi) is 2.62. The van der Waals surface area contributed by atoms with E-state index in [0.717, 1.165) is 0 Å². The molecular weight excluding hydrogens is 276 g/mol. The van der Waals surface area contributed by atoms with Crippen LogP contribution in [0, 0.1) is 11.3 Å². The number of carbonyl (C=O) groups is 1. The fourth-order valence-corrected chi connectivity index (χ4v) is 4.99. The van der Waals surface area contributed by atoms with Crippen molar-refractivity contribution in [2.24, 2.45) is 11.3 Å². The maximum absolute atomic E-state index is 11.7. The molecule has 21 heavy (non-hydrogen) atoms. The van der Waals surface area contributed by atoms with Gasteiger partial charge in [-0.25, -0.2) is 0 Å². The minimum absolute atomic E-state index is 0.109. The summed E-state index contributed by atoms with van der Waals surface area (Å²) in [6.07, 6.45) is -1.19. The first-order chi connectivity index (χ1) is 9.32. The molecule has 4 N–H and O–H groups in total. The molecule has 0 aromatic heterocycles. The van der Waals surface area contributed by atoms with Gasteiger partial charge in [-0.3, -0.25) is 4.79 Å². The van der Waals surface area contributed by atoms with Crippen molar-refractivity contribution in [3.63, 3.8) is 0 Å². The normalized spacial score (nSPS) is 58.6. The number of hydrogen-bond acceptors (Lipinski definition) is 6. The molecule has 1 aliphatic heterocycles. The molecule has 0 aromatic rings. The first kappa shape index (κ1) is 15.2. The number of aliphatic hydroxyl groups is 4. The molecule has 2 saturated carbocycles. The van der Waals surface area contributed by atoms with Crippen LogP contribution in [0.15, 0.2) is 0 Å². The summed E-state index contributed by atoms with van der Waals surface area (Å²) in [5, 5.41) is 43.7. The van der Waals surface area contributed by atoms with Crippen molar-refractivity contribution in [3.8, 4) is 0 Å². The highest BCUT2D eigenvalue weighted by molar-refractivity contribution is 5.75. The molecule has 6 nitrogen and oxygen atoms in total. The molecule has 3 aliphatic rings. The third kappa shape index (κ3) is 1.40. The molecule has 1 heterocycles. The number of rotatable bonds is 0. The molecule has 3 fully saturated rings. The Morgan fingerprint density at radius 2 is 1.67 bits per heavy atom. The fourth-order valence-electron chi connectivity index (χ4n) is 4.99. The molecule has 2 aliphatic carbocycles. The predicted molar refractivity (Wildman–Crippen MR) is 72.1 cm³/mol. The zero-order chi connectivity index (χ0) is 16.1. The summed E-state index contributed by atoms with van der Waals surface area (Å²) in [5.41, 5.74) is -7.10. The van der Waals surface area contributed by atoms with Crippen LogP contribution in [0.4, 0.5) is 0 Å². The third-order valence-electron chi connectivity index (χ3n) is 6.55. The van der Waals surface area contributed by atoms with Crippen LogP contribution in [0.25, 0.3) is 0 Å². The molecule has 6 heteroatoms. The number of ether oxygens (including phenoxy) is 1. The van der Waals surface area contributed by atoms with Gasteiger partial charge in [0.05, 0.1) is 12.5 Å². The van der Waals surface area contributed by atoms with Crippen LogP contribution >= 0.6 is 0 Å². The Morgan fingerprint density at radius 3 is 2.19 bits per heavy atom. The lowest BCUT2D eigenvalue weighted by atomic mass is 9.45. The van der Waals surface area contributed by atoms with Crippen molar-refractivity contribution in [1.29, 1.82) is 0 Å². The molecule has 0 aromatic carbocycles. The van der Waals surface area contributed by atoms with Crippen molar-refractivity contribution in [2.45, 2.75) is 75.5 Å². The van der Waals surface area contributed by atoms with Gasteiger partial charge in [-0.05, 0) is 25.7 Å². The van der Waals surface area contributed by atoms with Crippen LogP contribution in [0.2, 0.25) is 0 Å². The van der Waals surface area contributed by atoms with E-state index < -0.39 is 45.8 Å². The SMILES string of the molecule is CC1(C)C[C@H]2[C@@]1(O)[C@H](O)C[C@@]1(C)OC(=O)C[C@]1(O)[C@]2(C)O. The predicted octanol–water partition coefficient (Wildman–Crippen LogP) is -0.284. The summed E-state index contributed by atoms with van der Waals surface area (Å²) >= 11 is 0. The standard InChI is InChI=1S/C15H24O6/c1-11(2)5-8-13(4,18)14(19)7-10(17)21-12(14,3)6-9(16)15(8,11)20/h8-9,16,18-20H,5-7H2,1-4H3/t8-,9-,12-,13-,14-,15-/m1/s1. The Balaban J connectivity index is 2.17. The van der Waals surface area contributed by atoms with Crippen LogP contribution in [0.3, 0.4) is 0 Å². The van der Waals surface area contributed by atoms with Gasteiger partial charge < -0.3 is 25.2 Å². The average Bonchev–Trinajstić information content (AvgIpc) is 2.54.